The number of rotatable bonds is 8. The van der Waals surface area contributed by atoms with E-state index in [1.54, 1.807) is 6.07 Å². The maximum atomic E-state index is 11.3. The van der Waals surface area contributed by atoms with Crippen molar-refractivity contribution in [2.45, 2.75) is 78.2 Å². The van der Waals surface area contributed by atoms with E-state index in [9.17, 15) is 10.1 Å². The number of nitro benzene ring substituents is 1. The minimum absolute atomic E-state index is 0.0752. The number of allylic oxidation sites excluding steroid dienone is 4. The van der Waals surface area contributed by atoms with Gasteiger partial charge in [0.2, 0.25) is 0 Å². The third-order valence-electron chi connectivity index (χ3n) is 5.01. The number of anilines is 1. The standard InChI is InChI=1S/C22H32N2O3/c1-16(2)8-7-9-17(3)12-13-18-14-20(23)21(24(25)26)15-22(18)27-19-10-5-4-6-11-19/h8,12,14-15,19H,4-7,9-11,13,23H2,1-3H3. The molecule has 0 unspecified atom stereocenters. The summed E-state index contributed by atoms with van der Waals surface area (Å²) in [4.78, 5) is 10.8. The molecule has 0 saturated heterocycles. The van der Waals surface area contributed by atoms with Crippen molar-refractivity contribution in [3.63, 3.8) is 0 Å². The molecule has 0 atom stereocenters. The molecule has 1 aromatic rings. The van der Waals surface area contributed by atoms with E-state index >= 15 is 0 Å². The lowest BCUT2D eigenvalue weighted by molar-refractivity contribution is -0.384. The summed E-state index contributed by atoms with van der Waals surface area (Å²) in [6.07, 6.45) is 12.8. The lowest BCUT2D eigenvalue weighted by Gasteiger charge is -2.24. The second-order valence-corrected chi connectivity index (χ2v) is 7.73. The molecular weight excluding hydrogens is 340 g/mol. The second kappa shape index (κ2) is 10.1. The topological polar surface area (TPSA) is 78.4 Å². The molecule has 148 valence electrons. The molecule has 0 aliphatic heterocycles. The van der Waals surface area contributed by atoms with Crippen molar-refractivity contribution in [1.29, 1.82) is 0 Å². The summed E-state index contributed by atoms with van der Waals surface area (Å²) in [6.45, 7) is 6.33. The van der Waals surface area contributed by atoms with Gasteiger partial charge in [-0.2, -0.15) is 0 Å². The van der Waals surface area contributed by atoms with Gasteiger partial charge in [-0.25, -0.2) is 0 Å². The van der Waals surface area contributed by atoms with Crippen LogP contribution < -0.4 is 10.5 Å². The van der Waals surface area contributed by atoms with Crippen molar-refractivity contribution >= 4 is 11.4 Å². The molecule has 2 rings (SSSR count). The monoisotopic (exact) mass is 372 g/mol. The van der Waals surface area contributed by atoms with E-state index in [0.717, 1.165) is 44.1 Å². The third kappa shape index (κ3) is 6.74. The predicted molar refractivity (Wildman–Crippen MR) is 111 cm³/mol. The van der Waals surface area contributed by atoms with Crippen LogP contribution in [0.25, 0.3) is 0 Å². The van der Waals surface area contributed by atoms with Crippen LogP contribution in [0.4, 0.5) is 11.4 Å². The van der Waals surface area contributed by atoms with Crippen molar-refractivity contribution in [2.24, 2.45) is 0 Å². The number of hydrogen-bond donors (Lipinski definition) is 1. The number of nitrogens with zero attached hydrogens (tertiary/aromatic N) is 1. The average Bonchev–Trinajstić information content (AvgIpc) is 2.62. The lowest BCUT2D eigenvalue weighted by Crippen LogP contribution is -2.20. The van der Waals surface area contributed by atoms with Crippen molar-refractivity contribution in [1.82, 2.24) is 0 Å². The van der Waals surface area contributed by atoms with Gasteiger partial charge in [0, 0.05) is 5.56 Å². The van der Waals surface area contributed by atoms with Crippen LogP contribution in [0.2, 0.25) is 0 Å². The molecule has 1 fully saturated rings. The highest BCUT2D eigenvalue weighted by Gasteiger charge is 2.21. The van der Waals surface area contributed by atoms with Crippen LogP contribution in [0, 0.1) is 10.1 Å². The van der Waals surface area contributed by atoms with Crippen LogP contribution in [0.1, 0.15) is 71.3 Å². The van der Waals surface area contributed by atoms with Crippen molar-refractivity contribution in [3.05, 3.63) is 51.1 Å². The molecule has 0 radical (unpaired) electrons. The van der Waals surface area contributed by atoms with Crippen LogP contribution >= 0.6 is 0 Å². The Labute approximate surface area is 162 Å². The highest BCUT2D eigenvalue weighted by atomic mass is 16.6. The van der Waals surface area contributed by atoms with Gasteiger partial charge in [-0.05, 0) is 71.8 Å². The zero-order valence-electron chi connectivity index (χ0n) is 16.8. The summed E-state index contributed by atoms with van der Waals surface area (Å²) in [5.74, 6) is 0.608. The van der Waals surface area contributed by atoms with Crippen LogP contribution in [-0.2, 0) is 6.42 Å². The summed E-state index contributed by atoms with van der Waals surface area (Å²) in [7, 11) is 0. The maximum absolute atomic E-state index is 11.3. The number of nitrogen functional groups attached to an aromatic ring is 1. The Bertz CT molecular complexity index is 713. The maximum Gasteiger partial charge on any atom is 0.295 e. The van der Waals surface area contributed by atoms with Crippen LogP contribution in [0.3, 0.4) is 0 Å². The van der Waals surface area contributed by atoms with Crippen molar-refractivity contribution < 1.29 is 9.66 Å². The van der Waals surface area contributed by atoms with Gasteiger partial charge in [-0.1, -0.05) is 29.7 Å². The van der Waals surface area contributed by atoms with Gasteiger partial charge in [0.25, 0.3) is 5.69 Å². The molecule has 27 heavy (non-hydrogen) atoms. The number of benzene rings is 1. The van der Waals surface area contributed by atoms with E-state index in [4.69, 9.17) is 10.5 Å². The molecule has 1 saturated carbocycles. The van der Waals surface area contributed by atoms with E-state index in [2.05, 4.69) is 32.9 Å². The first kappa shape index (κ1) is 21.0. The van der Waals surface area contributed by atoms with Crippen LogP contribution in [0.15, 0.2) is 35.4 Å². The number of ether oxygens (including phenoxy) is 1. The molecule has 1 aromatic carbocycles. The van der Waals surface area contributed by atoms with E-state index < -0.39 is 4.92 Å². The Morgan fingerprint density at radius 3 is 2.56 bits per heavy atom. The van der Waals surface area contributed by atoms with Crippen LogP contribution in [0.5, 0.6) is 5.75 Å². The molecule has 1 aliphatic carbocycles. The van der Waals surface area contributed by atoms with Crippen molar-refractivity contribution in [3.8, 4) is 5.75 Å². The first-order valence-electron chi connectivity index (χ1n) is 9.89. The van der Waals surface area contributed by atoms with E-state index in [1.165, 1.54) is 23.6 Å². The van der Waals surface area contributed by atoms with Gasteiger partial charge < -0.3 is 10.5 Å². The minimum Gasteiger partial charge on any atom is -0.490 e. The Balaban J connectivity index is 2.18. The molecule has 0 aromatic heterocycles. The van der Waals surface area contributed by atoms with Gasteiger partial charge in [0.1, 0.15) is 11.4 Å². The van der Waals surface area contributed by atoms with E-state index in [1.807, 2.05) is 0 Å². The van der Waals surface area contributed by atoms with E-state index in [-0.39, 0.29) is 17.5 Å². The molecule has 5 heteroatoms. The first-order valence-corrected chi connectivity index (χ1v) is 9.89. The predicted octanol–water partition coefficient (Wildman–Crippen LogP) is 6.12. The zero-order valence-corrected chi connectivity index (χ0v) is 16.8. The molecule has 0 heterocycles. The Morgan fingerprint density at radius 2 is 1.93 bits per heavy atom. The Hall–Kier alpha value is -2.30. The first-order chi connectivity index (χ1) is 12.9. The number of hydrogen-bond acceptors (Lipinski definition) is 4. The third-order valence-corrected chi connectivity index (χ3v) is 5.01. The normalized spacial score (nSPS) is 15.4. The van der Waals surface area contributed by atoms with Gasteiger partial charge in [0.05, 0.1) is 17.1 Å². The fraction of sp³-hybridized carbons (Fsp3) is 0.545. The smallest absolute Gasteiger partial charge is 0.295 e. The summed E-state index contributed by atoms with van der Waals surface area (Å²) in [5.41, 5.74) is 9.59. The quantitative estimate of drug-likeness (QED) is 0.258. The van der Waals surface area contributed by atoms with Crippen LogP contribution in [-0.4, -0.2) is 11.0 Å². The molecule has 2 N–H and O–H groups in total. The van der Waals surface area contributed by atoms with Gasteiger partial charge >= 0.3 is 0 Å². The Morgan fingerprint density at radius 1 is 1.22 bits per heavy atom. The highest BCUT2D eigenvalue weighted by Crippen LogP contribution is 2.34. The molecule has 0 spiro atoms. The number of nitro groups is 1. The summed E-state index contributed by atoms with van der Waals surface area (Å²) in [5, 5.41) is 11.3. The van der Waals surface area contributed by atoms with Gasteiger partial charge in [-0.3, -0.25) is 10.1 Å². The van der Waals surface area contributed by atoms with E-state index in [0.29, 0.717) is 12.2 Å². The molecule has 5 nitrogen and oxygen atoms in total. The summed E-state index contributed by atoms with van der Waals surface area (Å²) >= 11 is 0. The fourth-order valence-corrected chi connectivity index (χ4v) is 3.40. The molecule has 0 bridgehead atoms. The lowest BCUT2D eigenvalue weighted by atomic mass is 9.97. The number of nitrogens with two attached hydrogens (primary N) is 1. The highest BCUT2D eigenvalue weighted by molar-refractivity contribution is 5.64. The molecule has 0 amide bonds. The van der Waals surface area contributed by atoms with Gasteiger partial charge in [0.15, 0.2) is 0 Å². The molecule has 1 aliphatic rings. The summed E-state index contributed by atoms with van der Waals surface area (Å²) < 4.78 is 6.18. The molecular formula is C22H32N2O3. The Kier molecular flexibility index (Phi) is 7.89. The van der Waals surface area contributed by atoms with Gasteiger partial charge in [-0.15, -0.1) is 0 Å². The minimum atomic E-state index is -0.437. The largest absolute Gasteiger partial charge is 0.490 e. The SMILES string of the molecule is CC(C)=CCCC(C)=CCc1cc(N)c([N+](=O)[O-])cc1OC1CCCCC1. The summed E-state index contributed by atoms with van der Waals surface area (Å²) in [6, 6.07) is 3.21. The average molecular weight is 373 g/mol. The fourth-order valence-electron chi connectivity index (χ4n) is 3.40. The zero-order chi connectivity index (χ0) is 19.8. The second-order valence-electron chi connectivity index (χ2n) is 7.73. The van der Waals surface area contributed by atoms with Crippen molar-refractivity contribution in [2.75, 3.05) is 5.73 Å².